The van der Waals surface area contributed by atoms with E-state index in [0.717, 1.165) is 22.4 Å². The van der Waals surface area contributed by atoms with Crippen LogP contribution in [-0.2, 0) is 24.1 Å². The average Bonchev–Trinajstić information content (AvgIpc) is 3.08. The molecule has 6 heteroatoms. The van der Waals surface area contributed by atoms with Crippen LogP contribution >= 0.6 is 11.8 Å². The number of rotatable bonds is 7. The Morgan fingerprint density at radius 3 is 2.72 bits per heavy atom. The lowest BCUT2D eigenvalue weighted by atomic mass is 10.1. The van der Waals surface area contributed by atoms with Crippen LogP contribution in [0.1, 0.15) is 11.1 Å². The summed E-state index contributed by atoms with van der Waals surface area (Å²) in [4.78, 5) is 16.3. The molecule has 2 aromatic heterocycles. The number of nitrogens with zero attached hydrogens (tertiary/aromatic N) is 3. The van der Waals surface area contributed by atoms with E-state index in [9.17, 15) is 4.79 Å². The number of aryl methyl sites for hydroxylation is 1. The molecule has 0 aliphatic rings. The third kappa shape index (κ3) is 5.19. The molecule has 2 heterocycles. The lowest BCUT2D eigenvalue weighted by Gasteiger charge is -2.06. The van der Waals surface area contributed by atoms with Crippen molar-refractivity contribution in [3.63, 3.8) is 0 Å². The molecular formula is C19H20N4OS. The van der Waals surface area contributed by atoms with Gasteiger partial charge < -0.3 is 5.32 Å². The highest BCUT2D eigenvalue weighted by atomic mass is 32.2. The van der Waals surface area contributed by atoms with Gasteiger partial charge in [0.05, 0.1) is 11.9 Å². The molecule has 0 spiro atoms. The second-order valence-corrected chi connectivity index (χ2v) is 6.73. The molecule has 0 radical (unpaired) electrons. The maximum atomic E-state index is 12.0. The summed E-state index contributed by atoms with van der Waals surface area (Å²) in [6, 6.07) is 12.2. The number of amides is 1. The number of nitrogens with one attached hydrogen (secondary N) is 1. The van der Waals surface area contributed by atoms with Gasteiger partial charge >= 0.3 is 0 Å². The molecule has 0 saturated heterocycles. The van der Waals surface area contributed by atoms with E-state index < -0.39 is 0 Å². The van der Waals surface area contributed by atoms with Crippen molar-refractivity contribution in [2.45, 2.75) is 12.3 Å². The molecule has 0 unspecified atom stereocenters. The van der Waals surface area contributed by atoms with Crippen molar-refractivity contribution in [3.8, 4) is 11.1 Å². The van der Waals surface area contributed by atoms with Gasteiger partial charge in [-0.1, -0.05) is 30.3 Å². The van der Waals surface area contributed by atoms with Crippen LogP contribution in [0.4, 0.5) is 0 Å². The molecule has 1 amide bonds. The van der Waals surface area contributed by atoms with Gasteiger partial charge in [-0.25, -0.2) is 0 Å². The molecule has 1 N–H and O–H groups in total. The Morgan fingerprint density at radius 2 is 1.96 bits per heavy atom. The molecule has 5 nitrogen and oxygen atoms in total. The largest absolute Gasteiger partial charge is 0.351 e. The highest BCUT2D eigenvalue weighted by Crippen LogP contribution is 2.18. The highest BCUT2D eigenvalue weighted by Gasteiger charge is 2.05. The summed E-state index contributed by atoms with van der Waals surface area (Å²) in [7, 11) is 1.88. The van der Waals surface area contributed by atoms with Crippen LogP contribution < -0.4 is 5.32 Å². The summed E-state index contributed by atoms with van der Waals surface area (Å²) >= 11 is 1.61. The third-order valence-corrected chi connectivity index (χ3v) is 4.67. The van der Waals surface area contributed by atoms with E-state index in [2.05, 4.69) is 27.5 Å². The number of carbonyl (C=O) groups is 1. The summed E-state index contributed by atoms with van der Waals surface area (Å²) in [5.41, 5.74) is 4.22. The molecule has 25 heavy (non-hydrogen) atoms. The van der Waals surface area contributed by atoms with Crippen LogP contribution in [0.15, 0.2) is 61.2 Å². The zero-order valence-corrected chi connectivity index (χ0v) is 14.9. The fraction of sp³-hybridized carbons (Fsp3) is 0.211. The molecule has 0 aliphatic carbocycles. The first-order chi connectivity index (χ1) is 12.2. The van der Waals surface area contributed by atoms with Gasteiger partial charge in [-0.05, 0) is 17.2 Å². The van der Waals surface area contributed by atoms with Gasteiger partial charge in [0.1, 0.15) is 0 Å². The van der Waals surface area contributed by atoms with Crippen LogP contribution in [0.5, 0.6) is 0 Å². The third-order valence-electron chi connectivity index (χ3n) is 3.67. The van der Waals surface area contributed by atoms with Gasteiger partial charge in [-0.15, -0.1) is 11.8 Å². The number of benzene rings is 1. The van der Waals surface area contributed by atoms with Crippen LogP contribution in [0.3, 0.4) is 0 Å². The van der Waals surface area contributed by atoms with E-state index in [4.69, 9.17) is 0 Å². The number of hydrogen-bond donors (Lipinski definition) is 1. The van der Waals surface area contributed by atoms with E-state index in [1.807, 2.05) is 37.5 Å². The Bertz CT molecular complexity index is 832. The van der Waals surface area contributed by atoms with Crippen LogP contribution in [0.2, 0.25) is 0 Å². The first kappa shape index (κ1) is 17.2. The maximum Gasteiger partial charge on any atom is 0.230 e. The summed E-state index contributed by atoms with van der Waals surface area (Å²) in [6.45, 7) is 0.478. The number of pyridine rings is 1. The Labute approximate surface area is 151 Å². The van der Waals surface area contributed by atoms with Gasteiger partial charge in [0.2, 0.25) is 5.91 Å². The second-order valence-electron chi connectivity index (χ2n) is 5.74. The maximum absolute atomic E-state index is 12.0. The monoisotopic (exact) mass is 352 g/mol. The Morgan fingerprint density at radius 1 is 1.12 bits per heavy atom. The minimum absolute atomic E-state index is 0.0349. The van der Waals surface area contributed by atoms with Crippen molar-refractivity contribution in [2.24, 2.45) is 7.05 Å². The molecular weight excluding hydrogens is 332 g/mol. The van der Waals surface area contributed by atoms with Crippen molar-refractivity contribution < 1.29 is 4.79 Å². The molecule has 0 fully saturated rings. The van der Waals surface area contributed by atoms with E-state index in [0.29, 0.717) is 12.3 Å². The minimum Gasteiger partial charge on any atom is -0.351 e. The van der Waals surface area contributed by atoms with Crippen molar-refractivity contribution in [1.82, 2.24) is 20.1 Å². The predicted octanol–water partition coefficient (Wildman–Crippen LogP) is 3.03. The van der Waals surface area contributed by atoms with Gasteiger partial charge in [0.25, 0.3) is 0 Å². The lowest BCUT2D eigenvalue weighted by Crippen LogP contribution is -2.24. The van der Waals surface area contributed by atoms with E-state index in [-0.39, 0.29) is 5.91 Å². The number of aromatic nitrogens is 3. The zero-order valence-electron chi connectivity index (χ0n) is 14.1. The number of carbonyl (C=O) groups excluding carboxylic acids is 1. The van der Waals surface area contributed by atoms with Gasteiger partial charge in [-0.2, -0.15) is 5.10 Å². The smallest absolute Gasteiger partial charge is 0.230 e. The van der Waals surface area contributed by atoms with Crippen molar-refractivity contribution in [1.29, 1.82) is 0 Å². The molecule has 3 rings (SSSR count). The Kier molecular flexibility index (Phi) is 5.85. The Balaban J connectivity index is 1.47. The van der Waals surface area contributed by atoms with Crippen molar-refractivity contribution in [2.75, 3.05) is 5.75 Å². The van der Waals surface area contributed by atoms with E-state index in [1.54, 1.807) is 35.0 Å². The SMILES string of the molecule is Cn1cc(-c2cncc(CNC(=O)CSCc3ccccc3)c2)cn1. The molecule has 0 bridgehead atoms. The van der Waals surface area contributed by atoms with Crippen molar-refractivity contribution >= 4 is 17.7 Å². The van der Waals surface area contributed by atoms with E-state index in [1.165, 1.54) is 5.56 Å². The zero-order chi connectivity index (χ0) is 17.5. The predicted molar refractivity (Wildman–Crippen MR) is 101 cm³/mol. The topological polar surface area (TPSA) is 59.8 Å². The average molecular weight is 352 g/mol. The summed E-state index contributed by atoms with van der Waals surface area (Å²) in [5.74, 6) is 1.32. The first-order valence-corrected chi connectivity index (χ1v) is 9.17. The fourth-order valence-electron chi connectivity index (χ4n) is 2.40. The van der Waals surface area contributed by atoms with Gasteiger partial charge in [-0.3, -0.25) is 14.5 Å². The lowest BCUT2D eigenvalue weighted by molar-refractivity contribution is -0.118. The molecule has 3 aromatic rings. The molecule has 1 aromatic carbocycles. The van der Waals surface area contributed by atoms with Crippen LogP contribution in [0.25, 0.3) is 11.1 Å². The number of hydrogen-bond acceptors (Lipinski definition) is 4. The molecule has 0 atom stereocenters. The van der Waals surface area contributed by atoms with Crippen molar-refractivity contribution in [3.05, 3.63) is 72.3 Å². The van der Waals surface area contributed by atoms with Crippen LogP contribution in [0, 0.1) is 0 Å². The molecule has 128 valence electrons. The Hall–Kier alpha value is -2.60. The standard InChI is InChI=1S/C19H20N4OS/c1-23-12-18(11-22-23)17-7-16(8-20-10-17)9-21-19(24)14-25-13-15-5-3-2-4-6-15/h2-8,10-12H,9,13-14H2,1H3,(H,21,24). The second kappa shape index (κ2) is 8.48. The highest BCUT2D eigenvalue weighted by molar-refractivity contribution is 7.99. The van der Waals surface area contributed by atoms with Gasteiger partial charge in [0, 0.05) is 49.1 Å². The summed E-state index contributed by atoms with van der Waals surface area (Å²) < 4.78 is 1.76. The van der Waals surface area contributed by atoms with Crippen LogP contribution in [-0.4, -0.2) is 26.4 Å². The summed E-state index contributed by atoms with van der Waals surface area (Å²) in [5, 5.41) is 7.12. The van der Waals surface area contributed by atoms with E-state index >= 15 is 0 Å². The van der Waals surface area contributed by atoms with Gasteiger partial charge in [0.15, 0.2) is 0 Å². The quantitative estimate of drug-likeness (QED) is 0.710. The summed E-state index contributed by atoms with van der Waals surface area (Å²) in [6.07, 6.45) is 7.33. The fourth-order valence-corrected chi connectivity index (χ4v) is 3.22. The minimum atomic E-state index is 0.0349. The first-order valence-electron chi connectivity index (χ1n) is 8.02. The normalized spacial score (nSPS) is 10.6. The number of thioether (sulfide) groups is 1. The molecule has 0 aliphatic heterocycles. The molecule has 0 saturated carbocycles.